The third kappa shape index (κ3) is 2.61. The molecule has 0 radical (unpaired) electrons. The van der Waals surface area contributed by atoms with Crippen LogP contribution in [0.2, 0.25) is 0 Å². The molecule has 1 saturated heterocycles. The summed E-state index contributed by atoms with van der Waals surface area (Å²) in [5, 5.41) is 11.6. The Hall–Kier alpha value is -1.88. The minimum absolute atomic E-state index is 0.452. The van der Waals surface area contributed by atoms with Crippen molar-refractivity contribution in [3.05, 3.63) is 30.5 Å². The molecule has 1 N–H and O–H groups in total. The average Bonchev–Trinajstić information content (AvgIpc) is 2.84. The Kier molecular flexibility index (Phi) is 3.46. The monoisotopic (exact) mass is 258 g/mol. The summed E-state index contributed by atoms with van der Waals surface area (Å²) >= 11 is 0. The summed E-state index contributed by atoms with van der Waals surface area (Å²) in [5.41, 5.74) is 1.98. The van der Waals surface area contributed by atoms with Crippen LogP contribution in [-0.2, 0) is 0 Å². The summed E-state index contributed by atoms with van der Waals surface area (Å²) in [5.74, 6) is 0.904. The fourth-order valence-electron chi connectivity index (χ4n) is 1.99. The summed E-state index contributed by atoms with van der Waals surface area (Å²) in [7, 11) is 0. The highest BCUT2D eigenvalue weighted by molar-refractivity contribution is 5.58. The maximum absolute atomic E-state index is 5.57. The number of ether oxygens (including phenoxy) is 1. The van der Waals surface area contributed by atoms with Gasteiger partial charge in [-0.3, -0.25) is 0 Å². The van der Waals surface area contributed by atoms with E-state index in [2.05, 4.69) is 22.6 Å². The molecule has 0 unspecified atom stereocenters. The van der Waals surface area contributed by atoms with Gasteiger partial charge < -0.3 is 10.1 Å². The number of nitrogens with one attached hydrogen (secondary N) is 1. The van der Waals surface area contributed by atoms with Crippen molar-refractivity contribution in [2.45, 2.75) is 19.4 Å². The van der Waals surface area contributed by atoms with Gasteiger partial charge in [-0.15, -0.1) is 5.10 Å². The van der Waals surface area contributed by atoms with Gasteiger partial charge in [0.2, 0.25) is 0 Å². The number of rotatable bonds is 5. The highest BCUT2D eigenvalue weighted by Crippen LogP contribution is 2.21. The van der Waals surface area contributed by atoms with Gasteiger partial charge in [0, 0.05) is 18.7 Å². The lowest BCUT2D eigenvalue weighted by atomic mass is 10.1. The van der Waals surface area contributed by atoms with Crippen LogP contribution in [0.3, 0.4) is 0 Å². The van der Waals surface area contributed by atoms with Gasteiger partial charge in [0.05, 0.1) is 18.8 Å². The van der Waals surface area contributed by atoms with E-state index in [4.69, 9.17) is 4.74 Å². The molecule has 2 heterocycles. The van der Waals surface area contributed by atoms with Crippen LogP contribution in [0.4, 0.5) is 0 Å². The Balaban J connectivity index is 1.72. The number of hydrogen-bond donors (Lipinski definition) is 1. The van der Waals surface area contributed by atoms with Crippen LogP contribution in [-0.4, -0.2) is 34.7 Å². The molecule has 0 amide bonds. The quantitative estimate of drug-likeness (QED) is 0.889. The van der Waals surface area contributed by atoms with Gasteiger partial charge >= 0.3 is 0 Å². The predicted molar refractivity (Wildman–Crippen MR) is 73.2 cm³/mol. The van der Waals surface area contributed by atoms with E-state index >= 15 is 0 Å². The predicted octanol–water partition coefficient (Wildman–Crippen LogP) is 1.88. The molecule has 1 aliphatic rings. The van der Waals surface area contributed by atoms with Gasteiger partial charge in [0.1, 0.15) is 11.4 Å². The van der Waals surface area contributed by atoms with Gasteiger partial charge in [-0.2, -0.15) is 0 Å². The number of hydrogen-bond acceptors (Lipinski definition) is 4. The van der Waals surface area contributed by atoms with Gasteiger partial charge in [-0.1, -0.05) is 12.1 Å². The standard InChI is InChI=1S/C14H18N4O/c1-2-7-19-13-5-3-11(4-6-13)14-10-18(17-16-14)12-8-15-9-12/h3-6,10,12,15H,2,7-9H2,1H3. The van der Waals surface area contributed by atoms with Crippen molar-refractivity contribution in [1.29, 1.82) is 0 Å². The summed E-state index contributed by atoms with van der Waals surface area (Å²) in [4.78, 5) is 0. The van der Waals surface area contributed by atoms with Crippen LogP contribution in [0, 0.1) is 0 Å². The lowest BCUT2D eigenvalue weighted by Gasteiger charge is -2.26. The fourth-order valence-corrected chi connectivity index (χ4v) is 1.99. The topological polar surface area (TPSA) is 52.0 Å². The summed E-state index contributed by atoms with van der Waals surface area (Å²) in [6.45, 7) is 4.81. The molecule has 1 fully saturated rings. The Labute approximate surface area is 112 Å². The molecule has 3 rings (SSSR count). The molecule has 1 aliphatic heterocycles. The zero-order valence-electron chi connectivity index (χ0n) is 11.0. The maximum Gasteiger partial charge on any atom is 0.119 e. The van der Waals surface area contributed by atoms with Crippen molar-refractivity contribution in [3.63, 3.8) is 0 Å². The Bertz CT molecular complexity index is 531. The molecule has 0 saturated carbocycles. The first-order valence-corrected chi connectivity index (χ1v) is 6.72. The second-order valence-corrected chi connectivity index (χ2v) is 4.77. The zero-order chi connectivity index (χ0) is 13.1. The van der Waals surface area contributed by atoms with Crippen molar-refractivity contribution in [1.82, 2.24) is 20.3 Å². The molecule has 0 spiro atoms. The first-order chi connectivity index (χ1) is 9.36. The lowest BCUT2D eigenvalue weighted by molar-refractivity contribution is 0.313. The van der Waals surface area contributed by atoms with E-state index in [0.717, 1.165) is 43.1 Å². The molecule has 1 aromatic heterocycles. The van der Waals surface area contributed by atoms with Gasteiger partial charge in [-0.05, 0) is 30.7 Å². The van der Waals surface area contributed by atoms with Crippen LogP contribution in [0.25, 0.3) is 11.3 Å². The maximum atomic E-state index is 5.57. The molecule has 19 heavy (non-hydrogen) atoms. The smallest absolute Gasteiger partial charge is 0.119 e. The van der Waals surface area contributed by atoms with E-state index in [1.807, 2.05) is 35.1 Å². The second kappa shape index (κ2) is 5.40. The van der Waals surface area contributed by atoms with Crippen molar-refractivity contribution < 1.29 is 4.74 Å². The first-order valence-electron chi connectivity index (χ1n) is 6.72. The molecule has 5 heteroatoms. The molecule has 5 nitrogen and oxygen atoms in total. The van der Waals surface area contributed by atoms with Crippen molar-refractivity contribution in [3.8, 4) is 17.0 Å². The summed E-state index contributed by atoms with van der Waals surface area (Å²) in [6.07, 6.45) is 3.03. The highest BCUT2D eigenvalue weighted by Gasteiger charge is 2.20. The number of nitrogens with zero attached hydrogens (tertiary/aromatic N) is 3. The molecule has 0 bridgehead atoms. The van der Waals surface area contributed by atoms with Crippen molar-refractivity contribution in [2.24, 2.45) is 0 Å². The summed E-state index contributed by atoms with van der Waals surface area (Å²) in [6, 6.07) is 8.47. The fraction of sp³-hybridized carbons (Fsp3) is 0.429. The van der Waals surface area contributed by atoms with Crippen LogP contribution >= 0.6 is 0 Å². The van der Waals surface area contributed by atoms with E-state index < -0.39 is 0 Å². The van der Waals surface area contributed by atoms with E-state index in [-0.39, 0.29) is 0 Å². The Morgan fingerprint density at radius 2 is 2.11 bits per heavy atom. The summed E-state index contributed by atoms with van der Waals surface area (Å²) < 4.78 is 7.50. The van der Waals surface area contributed by atoms with Crippen molar-refractivity contribution >= 4 is 0 Å². The second-order valence-electron chi connectivity index (χ2n) is 4.77. The third-order valence-electron chi connectivity index (χ3n) is 3.27. The van der Waals surface area contributed by atoms with Crippen LogP contribution in [0.1, 0.15) is 19.4 Å². The van der Waals surface area contributed by atoms with Crippen LogP contribution in [0.15, 0.2) is 30.5 Å². The molecule has 2 aromatic rings. The van der Waals surface area contributed by atoms with Crippen LogP contribution in [0.5, 0.6) is 5.75 Å². The normalized spacial score (nSPS) is 15.2. The van der Waals surface area contributed by atoms with E-state index in [1.165, 1.54) is 0 Å². The minimum atomic E-state index is 0.452. The molecule has 100 valence electrons. The highest BCUT2D eigenvalue weighted by atomic mass is 16.5. The van der Waals surface area contributed by atoms with Gasteiger partial charge in [0.25, 0.3) is 0 Å². The van der Waals surface area contributed by atoms with Gasteiger partial charge in [-0.25, -0.2) is 4.68 Å². The minimum Gasteiger partial charge on any atom is -0.494 e. The number of aromatic nitrogens is 3. The lowest BCUT2D eigenvalue weighted by Crippen LogP contribution is -2.43. The SMILES string of the molecule is CCCOc1ccc(-c2cn(C3CNC3)nn2)cc1. The van der Waals surface area contributed by atoms with E-state index in [1.54, 1.807) is 0 Å². The van der Waals surface area contributed by atoms with E-state index in [9.17, 15) is 0 Å². The molecule has 0 atom stereocenters. The van der Waals surface area contributed by atoms with Crippen molar-refractivity contribution in [2.75, 3.05) is 19.7 Å². The Morgan fingerprint density at radius 3 is 2.74 bits per heavy atom. The average molecular weight is 258 g/mol. The van der Waals surface area contributed by atoms with Gasteiger partial charge in [0.15, 0.2) is 0 Å². The largest absolute Gasteiger partial charge is 0.494 e. The third-order valence-corrected chi connectivity index (χ3v) is 3.27. The first kappa shape index (κ1) is 12.2. The molecule has 1 aromatic carbocycles. The van der Waals surface area contributed by atoms with E-state index in [0.29, 0.717) is 6.04 Å². The number of benzene rings is 1. The molecular formula is C14H18N4O. The zero-order valence-corrected chi connectivity index (χ0v) is 11.0. The molecule has 0 aliphatic carbocycles. The van der Waals surface area contributed by atoms with Crippen LogP contribution < -0.4 is 10.1 Å². The Morgan fingerprint density at radius 1 is 1.32 bits per heavy atom. The molecular weight excluding hydrogens is 240 g/mol.